The van der Waals surface area contributed by atoms with E-state index in [-0.39, 0.29) is 18.1 Å². The fourth-order valence-corrected chi connectivity index (χ4v) is 3.44. The van der Waals surface area contributed by atoms with Crippen molar-refractivity contribution in [3.8, 4) is 0 Å². The van der Waals surface area contributed by atoms with E-state index >= 15 is 0 Å². The summed E-state index contributed by atoms with van der Waals surface area (Å²) < 4.78 is 12.7. The Morgan fingerprint density at radius 2 is 1.68 bits per heavy atom. The first kappa shape index (κ1) is 20.0. The first-order chi connectivity index (χ1) is 13.5. The second-order valence-corrected chi connectivity index (χ2v) is 7.21. The van der Waals surface area contributed by atoms with E-state index in [0.29, 0.717) is 18.5 Å². The normalized spacial score (nSPS) is 15.4. The predicted molar refractivity (Wildman–Crippen MR) is 109 cm³/mol. The number of carbonyl (C=O) groups excluding carboxylic acids is 1. The molecule has 1 amide bonds. The molecule has 0 atom stereocenters. The van der Waals surface area contributed by atoms with Crippen LogP contribution in [0.25, 0.3) is 10.9 Å². The van der Waals surface area contributed by atoms with Crippen LogP contribution in [0.3, 0.4) is 0 Å². The average molecular weight is 380 g/mol. The van der Waals surface area contributed by atoms with E-state index in [1.807, 2.05) is 30.5 Å². The number of hydrogen-bond donors (Lipinski definition) is 2. The molecule has 0 unspecified atom stereocenters. The maximum absolute atomic E-state index is 12.7. The number of para-hydroxylation sites is 1. The third-order valence-corrected chi connectivity index (χ3v) is 4.91. The first-order valence-corrected chi connectivity index (χ1v) is 9.62. The van der Waals surface area contributed by atoms with Crippen molar-refractivity contribution >= 4 is 22.5 Å². The molecule has 4 rings (SSSR count). The molecule has 1 heterocycles. The number of amides is 1. The molecular weight excluding hydrogens is 355 g/mol. The maximum atomic E-state index is 12.7. The van der Waals surface area contributed by atoms with Crippen LogP contribution in [-0.4, -0.2) is 21.6 Å². The lowest BCUT2D eigenvalue weighted by molar-refractivity contribution is -0.122. The van der Waals surface area contributed by atoms with Crippen LogP contribution in [0, 0.1) is 5.82 Å². The Bertz CT molecular complexity index is 840. The van der Waals surface area contributed by atoms with Crippen molar-refractivity contribution in [1.82, 2.24) is 4.98 Å². The third kappa shape index (κ3) is 5.86. The molecule has 1 saturated carbocycles. The van der Waals surface area contributed by atoms with Gasteiger partial charge in [0.05, 0.1) is 17.5 Å². The van der Waals surface area contributed by atoms with Gasteiger partial charge in [0.25, 0.3) is 0 Å². The Morgan fingerprint density at radius 3 is 2.39 bits per heavy atom. The SMILES string of the molecule is O=C(CC1(O)CCCCC1)Nc1ccc(F)cc1.c1ccc2ncccc2c1. The van der Waals surface area contributed by atoms with Crippen LogP contribution in [-0.2, 0) is 4.79 Å². The molecule has 0 spiro atoms. The minimum absolute atomic E-state index is 0.115. The molecule has 1 fully saturated rings. The Balaban J connectivity index is 0.000000188. The molecule has 0 radical (unpaired) electrons. The van der Waals surface area contributed by atoms with Crippen molar-refractivity contribution in [3.05, 3.63) is 72.7 Å². The summed E-state index contributed by atoms with van der Waals surface area (Å²) in [6.45, 7) is 0. The van der Waals surface area contributed by atoms with Gasteiger partial charge in [0.1, 0.15) is 5.82 Å². The zero-order valence-electron chi connectivity index (χ0n) is 15.8. The minimum atomic E-state index is -0.859. The number of aliphatic hydroxyl groups is 1. The quantitative estimate of drug-likeness (QED) is 0.666. The van der Waals surface area contributed by atoms with E-state index in [9.17, 15) is 14.3 Å². The summed E-state index contributed by atoms with van der Waals surface area (Å²) in [5, 5.41) is 14.1. The van der Waals surface area contributed by atoms with E-state index < -0.39 is 5.60 Å². The summed E-state index contributed by atoms with van der Waals surface area (Å²) >= 11 is 0. The molecule has 1 aliphatic rings. The number of nitrogens with one attached hydrogen (secondary N) is 1. The number of carbonyl (C=O) groups is 1. The lowest BCUT2D eigenvalue weighted by atomic mass is 9.82. The number of rotatable bonds is 3. The van der Waals surface area contributed by atoms with Gasteiger partial charge >= 0.3 is 0 Å². The standard InChI is InChI=1S/C14H18FNO2.C9H7N/c15-11-4-6-12(7-5-11)16-13(17)10-14(18)8-2-1-3-9-14;1-2-6-9-8(4-1)5-3-7-10-9/h4-7,18H,1-3,8-10H2,(H,16,17);1-7H. The largest absolute Gasteiger partial charge is 0.389 e. The molecule has 2 aromatic carbocycles. The van der Waals surface area contributed by atoms with Crippen LogP contribution >= 0.6 is 0 Å². The van der Waals surface area contributed by atoms with E-state index in [2.05, 4.69) is 22.4 Å². The van der Waals surface area contributed by atoms with Gasteiger partial charge in [-0.2, -0.15) is 0 Å². The lowest BCUT2D eigenvalue weighted by Gasteiger charge is -2.31. The van der Waals surface area contributed by atoms with Gasteiger partial charge in [-0.1, -0.05) is 43.5 Å². The van der Waals surface area contributed by atoms with E-state index in [0.717, 1.165) is 24.8 Å². The molecule has 1 aliphatic carbocycles. The topological polar surface area (TPSA) is 62.2 Å². The van der Waals surface area contributed by atoms with Gasteiger partial charge in [0.2, 0.25) is 5.91 Å². The summed E-state index contributed by atoms with van der Waals surface area (Å²) in [7, 11) is 0. The van der Waals surface area contributed by atoms with Crippen molar-refractivity contribution in [2.45, 2.75) is 44.1 Å². The van der Waals surface area contributed by atoms with Crippen LogP contribution < -0.4 is 5.32 Å². The number of fused-ring (bicyclic) bond motifs is 1. The Hall–Kier alpha value is -2.79. The van der Waals surface area contributed by atoms with Crippen molar-refractivity contribution in [2.75, 3.05) is 5.32 Å². The predicted octanol–water partition coefficient (Wildman–Crippen LogP) is 5.08. The molecule has 3 aromatic rings. The molecule has 146 valence electrons. The second kappa shape index (κ2) is 9.42. The Morgan fingerprint density at radius 1 is 1.00 bits per heavy atom. The number of pyridine rings is 1. The van der Waals surface area contributed by atoms with Gasteiger partial charge < -0.3 is 10.4 Å². The van der Waals surface area contributed by atoms with E-state index in [1.54, 1.807) is 0 Å². The lowest BCUT2D eigenvalue weighted by Crippen LogP contribution is -2.35. The van der Waals surface area contributed by atoms with E-state index in [1.165, 1.54) is 29.7 Å². The number of nitrogens with zero attached hydrogens (tertiary/aromatic N) is 1. The summed E-state index contributed by atoms with van der Waals surface area (Å²) in [5.41, 5.74) is 0.758. The zero-order chi connectivity index (χ0) is 19.8. The fourth-order valence-electron chi connectivity index (χ4n) is 3.44. The summed E-state index contributed by atoms with van der Waals surface area (Å²) in [6, 6.07) is 17.7. The number of benzene rings is 2. The van der Waals surface area contributed by atoms with Crippen molar-refractivity contribution in [2.24, 2.45) is 0 Å². The van der Waals surface area contributed by atoms with Crippen LogP contribution in [0.15, 0.2) is 66.9 Å². The highest BCUT2D eigenvalue weighted by atomic mass is 19.1. The first-order valence-electron chi connectivity index (χ1n) is 9.62. The number of hydrogen-bond acceptors (Lipinski definition) is 3. The van der Waals surface area contributed by atoms with Crippen LogP contribution in [0.4, 0.5) is 10.1 Å². The second-order valence-electron chi connectivity index (χ2n) is 7.21. The highest BCUT2D eigenvalue weighted by Crippen LogP contribution is 2.31. The Labute approximate surface area is 164 Å². The van der Waals surface area contributed by atoms with Gasteiger partial charge in [-0.15, -0.1) is 0 Å². The Kier molecular flexibility index (Phi) is 6.71. The average Bonchev–Trinajstić information content (AvgIpc) is 2.70. The van der Waals surface area contributed by atoms with Crippen LogP contribution in [0.1, 0.15) is 38.5 Å². The van der Waals surface area contributed by atoms with Crippen molar-refractivity contribution < 1.29 is 14.3 Å². The van der Waals surface area contributed by atoms with E-state index in [4.69, 9.17) is 0 Å². The summed E-state index contributed by atoms with van der Waals surface area (Å²) in [5.74, 6) is -0.551. The monoisotopic (exact) mass is 380 g/mol. The molecule has 5 heteroatoms. The minimum Gasteiger partial charge on any atom is -0.389 e. The molecule has 1 aromatic heterocycles. The zero-order valence-corrected chi connectivity index (χ0v) is 15.8. The molecule has 0 aliphatic heterocycles. The molecule has 0 saturated heterocycles. The van der Waals surface area contributed by atoms with Crippen molar-refractivity contribution in [3.63, 3.8) is 0 Å². The fraction of sp³-hybridized carbons (Fsp3) is 0.304. The maximum Gasteiger partial charge on any atom is 0.227 e. The van der Waals surface area contributed by atoms with Crippen LogP contribution in [0.2, 0.25) is 0 Å². The highest BCUT2D eigenvalue weighted by molar-refractivity contribution is 5.91. The number of halogens is 1. The van der Waals surface area contributed by atoms with Gasteiger partial charge in [0.15, 0.2) is 0 Å². The van der Waals surface area contributed by atoms with Gasteiger partial charge in [-0.05, 0) is 49.2 Å². The van der Waals surface area contributed by atoms with Crippen LogP contribution in [0.5, 0.6) is 0 Å². The van der Waals surface area contributed by atoms with Crippen molar-refractivity contribution in [1.29, 1.82) is 0 Å². The molecular formula is C23H25FN2O2. The molecule has 2 N–H and O–H groups in total. The smallest absolute Gasteiger partial charge is 0.227 e. The summed E-state index contributed by atoms with van der Waals surface area (Å²) in [4.78, 5) is 16.0. The van der Waals surface area contributed by atoms with Gasteiger partial charge in [-0.25, -0.2) is 4.39 Å². The molecule has 28 heavy (non-hydrogen) atoms. The molecule has 4 nitrogen and oxygen atoms in total. The highest BCUT2D eigenvalue weighted by Gasteiger charge is 2.31. The number of anilines is 1. The number of aromatic nitrogens is 1. The molecule has 0 bridgehead atoms. The van der Waals surface area contributed by atoms with Gasteiger partial charge in [-0.3, -0.25) is 9.78 Å². The van der Waals surface area contributed by atoms with Gasteiger partial charge in [0, 0.05) is 17.3 Å². The third-order valence-electron chi connectivity index (χ3n) is 4.91. The summed E-state index contributed by atoms with van der Waals surface area (Å²) in [6.07, 6.45) is 6.36.